The average molecular weight is 218 g/mol. The van der Waals surface area contributed by atoms with Gasteiger partial charge in [0.05, 0.1) is 0 Å². The minimum absolute atomic E-state index is 0.141. The molecule has 0 fully saturated rings. The molecule has 1 amide bonds. The fourth-order valence-electron chi connectivity index (χ4n) is 1.48. The smallest absolute Gasteiger partial charge is 0.232 e. The molecule has 0 atom stereocenters. The topological polar surface area (TPSA) is 69.1 Å². The van der Waals surface area contributed by atoms with E-state index in [9.17, 15) is 4.79 Å². The molecule has 0 N–H and O–H groups in total. The van der Waals surface area contributed by atoms with E-state index in [0.717, 1.165) is 11.3 Å². The van der Waals surface area contributed by atoms with Crippen LogP contribution in [-0.4, -0.2) is 19.0 Å². The first-order chi connectivity index (χ1) is 7.69. The van der Waals surface area contributed by atoms with Crippen molar-refractivity contribution in [3.63, 3.8) is 0 Å². The monoisotopic (exact) mass is 218 g/mol. The number of rotatable bonds is 4. The number of nitrogens with zero attached hydrogens (tertiary/aromatic N) is 4. The summed E-state index contributed by atoms with van der Waals surface area (Å²) in [6, 6.07) is 7.66. The van der Waals surface area contributed by atoms with Gasteiger partial charge < -0.3 is 4.90 Å². The van der Waals surface area contributed by atoms with E-state index in [2.05, 4.69) is 10.0 Å². The highest BCUT2D eigenvalue weighted by atomic mass is 16.2. The SMILES string of the molecule is CCN(C(=O)CN=[N+]=[N-])c1cccc(C)c1. The number of carbonyl (C=O) groups excluding carboxylic acids is 1. The molecule has 5 nitrogen and oxygen atoms in total. The van der Waals surface area contributed by atoms with Crippen LogP contribution in [0.15, 0.2) is 29.4 Å². The van der Waals surface area contributed by atoms with Gasteiger partial charge in [-0.3, -0.25) is 4.79 Å². The maximum Gasteiger partial charge on any atom is 0.232 e. The summed E-state index contributed by atoms with van der Waals surface area (Å²) in [5.74, 6) is -0.189. The maximum absolute atomic E-state index is 11.7. The molecule has 1 rings (SSSR count). The summed E-state index contributed by atoms with van der Waals surface area (Å²) in [5.41, 5.74) is 10.1. The van der Waals surface area contributed by atoms with Gasteiger partial charge in [-0.1, -0.05) is 17.2 Å². The number of hydrogen-bond acceptors (Lipinski definition) is 2. The van der Waals surface area contributed by atoms with Crippen LogP contribution in [0.5, 0.6) is 0 Å². The number of benzene rings is 1. The number of aryl methyl sites for hydroxylation is 1. The van der Waals surface area contributed by atoms with Crippen molar-refractivity contribution in [2.75, 3.05) is 18.0 Å². The summed E-state index contributed by atoms with van der Waals surface area (Å²) >= 11 is 0. The Morgan fingerprint density at radius 2 is 2.31 bits per heavy atom. The van der Waals surface area contributed by atoms with Gasteiger partial charge in [0.1, 0.15) is 6.54 Å². The van der Waals surface area contributed by atoms with Crippen LogP contribution < -0.4 is 4.90 Å². The lowest BCUT2D eigenvalue weighted by Crippen LogP contribution is -2.32. The Hall–Kier alpha value is -2.00. The van der Waals surface area contributed by atoms with Gasteiger partial charge in [-0.25, -0.2) is 0 Å². The fourth-order valence-corrected chi connectivity index (χ4v) is 1.48. The van der Waals surface area contributed by atoms with Gasteiger partial charge in [-0.05, 0) is 37.1 Å². The van der Waals surface area contributed by atoms with Crippen molar-refractivity contribution in [3.05, 3.63) is 40.3 Å². The Bertz CT molecular complexity index is 424. The van der Waals surface area contributed by atoms with E-state index in [4.69, 9.17) is 5.53 Å². The second-order valence-corrected chi connectivity index (χ2v) is 3.37. The van der Waals surface area contributed by atoms with E-state index >= 15 is 0 Å². The quantitative estimate of drug-likeness (QED) is 0.435. The van der Waals surface area contributed by atoms with E-state index in [-0.39, 0.29) is 12.5 Å². The third-order valence-electron chi connectivity index (χ3n) is 2.20. The molecular formula is C11H14N4O. The number of carbonyl (C=O) groups is 1. The Morgan fingerprint density at radius 1 is 1.56 bits per heavy atom. The van der Waals surface area contributed by atoms with Crippen LogP contribution in [0.25, 0.3) is 10.4 Å². The number of amides is 1. The molecule has 0 aromatic heterocycles. The molecule has 0 saturated heterocycles. The van der Waals surface area contributed by atoms with Crippen LogP contribution in [0.4, 0.5) is 5.69 Å². The molecule has 0 radical (unpaired) electrons. The van der Waals surface area contributed by atoms with Gasteiger partial charge >= 0.3 is 0 Å². The van der Waals surface area contributed by atoms with E-state index in [1.807, 2.05) is 38.1 Å². The second-order valence-electron chi connectivity index (χ2n) is 3.37. The Balaban J connectivity index is 2.89. The lowest BCUT2D eigenvalue weighted by molar-refractivity contribution is -0.117. The Kier molecular flexibility index (Phi) is 4.36. The molecule has 0 unspecified atom stereocenters. The molecule has 0 aliphatic carbocycles. The Morgan fingerprint density at radius 3 is 2.88 bits per heavy atom. The maximum atomic E-state index is 11.7. The number of likely N-dealkylation sites (N-methyl/N-ethyl adjacent to an activating group) is 1. The molecule has 0 aliphatic rings. The lowest BCUT2D eigenvalue weighted by Gasteiger charge is -2.20. The average Bonchev–Trinajstić information content (AvgIpc) is 2.27. The summed E-state index contributed by atoms with van der Waals surface area (Å²) in [6.45, 7) is 4.27. The van der Waals surface area contributed by atoms with Crippen LogP contribution in [0, 0.1) is 6.92 Å². The largest absolute Gasteiger partial charge is 0.313 e. The van der Waals surface area contributed by atoms with Crippen LogP contribution in [-0.2, 0) is 4.79 Å². The van der Waals surface area contributed by atoms with Gasteiger partial charge in [0.25, 0.3) is 0 Å². The molecule has 5 heteroatoms. The van der Waals surface area contributed by atoms with E-state index < -0.39 is 0 Å². The molecule has 0 saturated carbocycles. The van der Waals surface area contributed by atoms with Gasteiger partial charge in [0.2, 0.25) is 5.91 Å². The highest BCUT2D eigenvalue weighted by molar-refractivity contribution is 5.94. The van der Waals surface area contributed by atoms with Crippen LogP contribution >= 0.6 is 0 Å². The zero-order chi connectivity index (χ0) is 12.0. The summed E-state index contributed by atoms with van der Waals surface area (Å²) in [7, 11) is 0. The molecule has 0 bridgehead atoms. The first-order valence-electron chi connectivity index (χ1n) is 5.07. The standard InChI is InChI=1S/C11H14N4O/c1-3-15(11(16)8-13-14-12)10-6-4-5-9(2)7-10/h4-7H,3,8H2,1-2H3. The summed E-state index contributed by atoms with van der Waals surface area (Å²) in [5, 5.41) is 3.28. The third kappa shape index (κ3) is 3.00. The van der Waals surface area contributed by atoms with Gasteiger partial charge in [0.15, 0.2) is 0 Å². The lowest BCUT2D eigenvalue weighted by atomic mass is 10.2. The predicted octanol–water partition coefficient (Wildman–Crippen LogP) is 2.66. The minimum Gasteiger partial charge on any atom is -0.313 e. The molecule has 1 aromatic rings. The molecule has 0 aliphatic heterocycles. The van der Waals surface area contributed by atoms with Gasteiger partial charge in [0, 0.05) is 17.1 Å². The molecule has 0 spiro atoms. The minimum atomic E-state index is -0.189. The van der Waals surface area contributed by atoms with Crippen molar-refractivity contribution in [3.8, 4) is 0 Å². The van der Waals surface area contributed by atoms with E-state index in [1.54, 1.807) is 4.90 Å². The van der Waals surface area contributed by atoms with Crippen molar-refractivity contribution < 1.29 is 4.79 Å². The zero-order valence-electron chi connectivity index (χ0n) is 9.42. The molecular weight excluding hydrogens is 204 g/mol. The fraction of sp³-hybridized carbons (Fsp3) is 0.364. The summed E-state index contributed by atoms with van der Waals surface area (Å²) in [6.07, 6.45) is 0. The first-order valence-corrected chi connectivity index (χ1v) is 5.07. The van der Waals surface area contributed by atoms with Crippen molar-refractivity contribution in [2.24, 2.45) is 5.11 Å². The van der Waals surface area contributed by atoms with Crippen molar-refractivity contribution >= 4 is 11.6 Å². The number of azide groups is 1. The first kappa shape index (κ1) is 12.1. The highest BCUT2D eigenvalue weighted by Gasteiger charge is 2.12. The summed E-state index contributed by atoms with van der Waals surface area (Å²) < 4.78 is 0. The summed E-state index contributed by atoms with van der Waals surface area (Å²) in [4.78, 5) is 15.9. The van der Waals surface area contributed by atoms with Crippen LogP contribution in [0.3, 0.4) is 0 Å². The predicted molar refractivity (Wildman–Crippen MR) is 63.2 cm³/mol. The number of anilines is 1. The van der Waals surface area contributed by atoms with Crippen molar-refractivity contribution in [1.29, 1.82) is 0 Å². The van der Waals surface area contributed by atoms with E-state index in [1.165, 1.54) is 0 Å². The third-order valence-corrected chi connectivity index (χ3v) is 2.20. The van der Waals surface area contributed by atoms with Gasteiger partial charge in [-0.15, -0.1) is 0 Å². The molecule has 1 aromatic carbocycles. The molecule has 16 heavy (non-hydrogen) atoms. The van der Waals surface area contributed by atoms with Gasteiger partial charge in [-0.2, -0.15) is 0 Å². The normalized spacial score (nSPS) is 9.38. The van der Waals surface area contributed by atoms with Crippen LogP contribution in [0.2, 0.25) is 0 Å². The second kappa shape index (κ2) is 5.78. The van der Waals surface area contributed by atoms with Crippen LogP contribution in [0.1, 0.15) is 12.5 Å². The highest BCUT2D eigenvalue weighted by Crippen LogP contribution is 2.15. The molecule has 0 heterocycles. The zero-order valence-corrected chi connectivity index (χ0v) is 9.42. The van der Waals surface area contributed by atoms with Crippen molar-refractivity contribution in [2.45, 2.75) is 13.8 Å². The number of hydrogen-bond donors (Lipinski definition) is 0. The molecule has 84 valence electrons. The van der Waals surface area contributed by atoms with E-state index in [0.29, 0.717) is 6.54 Å². The van der Waals surface area contributed by atoms with Crippen molar-refractivity contribution in [1.82, 2.24) is 0 Å². The Labute approximate surface area is 94.3 Å².